The zero-order chi connectivity index (χ0) is 11.7. The summed E-state index contributed by atoms with van der Waals surface area (Å²) in [4.78, 5) is 22.0. The smallest absolute Gasteiger partial charge is 0.332 e. The molecule has 2 rings (SSSR count). The van der Waals surface area contributed by atoms with Gasteiger partial charge in [-0.2, -0.15) is 0 Å². The molecule has 0 bridgehead atoms. The zero-order valence-electron chi connectivity index (χ0n) is 8.69. The van der Waals surface area contributed by atoms with Crippen LogP contribution in [-0.4, -0.2) is 22.2 Å². The molecule has 2 aliphatic carbocycles. The fraction of sp³-hybridized carbons (Fsp3) is 0.333. The van der Waals surface area contributed by atoms with Gasteiger partial charge in [-0.3, -0.25) is 0 Å². The lowest BCUT2D eigenvalue weighted by molar-refractivity contribution is -0.136. The van der Waals surface area contributed by atoms with Crippen molar-refractivity contribution in [3.05, 3.63) is 34.4 Å². The van der Waals surface area contributed by atoms with Gasteiger partial charge in [-0.15, -0.1) is 0 Å². The van der Waals surface area contributed by atoms with Crippen LogP contribution >= 0.6 is 0 Å². The molecule has 0 amide bonds. The summed E-state index contributed by atoms with van der Waals surface area (Å²) in [7, 11) is 0. The van der Waals surface area contributed by atoms with Gasteiger partial charge in [0, 0.05) is 12.8 Å². The van der Waals surface area contributed by atoms with Crippen molar-refractivity contribution in [2.75, 3.05) is 0 Å². The number of aliphatic carboxylic acids is 2. The Morgan fingerprint density at radius 3 is 1.56 bits per heavy atom. The summed E-state index contributed by atoms with van der Waals surface area (Å²) in [6, 6.07) is 0. The van der Waals surface area contributed by atoms with E-state index in [1.807, 2.05) is 12.2 Å². The van der Waals surface area contributed by atoms with E-state index < -0.39 is 11.9 Å². The highest BCUT2D eigenvalue weighted by Crippen LogP contribution is 2.36. The van der Waals surface area contributed by atoms with Crippen LogP contribution in [0.2, 0.25) is 0 Å². The third kappa shape index (κ3) is 1.78. The average Bonchev–Trinajstić information content (AvgIpc) is 2.27. The molecular weight excluding hydrogens is 208 g/mol. The molecule has 4 heteroatoms. The van der Waals surface area contributed by atoms with Crippen LogP contribution in [0.25, 0.3) is 0 Å². The lowest BCUT2D eigenvalue weighted by Gasteiger charge is -2.23. The van der Waals surface area contributed by atoms with E-state index in [1.165, 1.54) is 0 Å². The van der Waals surface area contributed by atoms with Crippen LogP contribution in [-0.2, 0) is 9.59 Å². The van der Waals surface area contributed by atoms with Crippen molar-refractivity contribution in [1.29, 1.82) is 0 Å². The van der Waals surface area contributed by atoms with Gasteiger partial charge < -0.3 is 10.2 Å². The molecule has 0 heterocycles. The summed E-state index contributed by atoms with van der Waals surface area (Å²) in [6.45, 7) is 0. The maximum Gasteiger partial charge on any atom is 0.332 e. The van der Waals surface area contributed by atoms with Crippen LogP contribution in [0.3, 0.4) is 0 Å². The van der Waals surface area contributed by atoms with Crippen LogP contribution in [0, 0.1) is 0 Å². The van der Waals surface area contributed by atoms with Crippen LogP contribution in [0.5, 0.6) is 0 Å². The molecule has 16 heavy (non-hydrogen) atoms. The highest BCUT2D eigenvalue weighted by atomic mass is 16.4. The van der Waals surface area contributed by atoms with E-state index in [0.717, 1.165) is 24.0 Å². The van der Waals surface area contributed by atoms with E-state index in [-0.39, 0.29) is 24.0 Å². The van der Waals surface area contributed by atoms with E-state index >= 15 is 0 Å². The molecule has 84 valence electrons. The highest BCUT2D eigenvalue weighted by Gasteiger charge is 2.28. The quantitative estimate of drug-likeness (QED) is 0.697. The first kappa shape index (κ1) is 10.7. The number of hydrogen-bond donors (Lipinski definition) is 2. The molecule has 2 N–H and O–H groups in total. The third-order valence-corrected chi connectivity index (χ3v) is 3.06. The first-order chi connectivity index (χ1) is 7.59. The normalized spacial score (nSPS) is 19.8. The van der Waals surface area contributed by atoms with Gasteiger partial charge in [-0.25, -0.2) is 9.59 Å². The Kier molecular flexibility index (Phi) is 2.64. The Balaban J connectivity index is 2.34. The lowest BCUT2D eigenvalue weighted by Crippen LogP contribution is -2.18. The van der Waals surface area contributed by atoms with Gasteiger partial charge in [0.05, 0.1) is 11.1 Å². The van der Waals surface area contributed by atoms with E-state index in [1.54, 1.807) is 0 Å². The molecule has 0 unspecified atom stereocenters. The summed E-state index contributed by atoms with van der Waals surface area (Å²) in [5, 5.41) is 18.0. The second-order valence-corrected chi connectivity index (χ2v) is 4.01. The number of carboxylic acid groups (broad SMARTS) is 2. The third-order valence-electron chi connectivity index (χ3n) is 3.06. The fourth-order valence-electron chi connectivity index (χ4n) is 2.18. The van der Waals surface area contributed by atoms with Crippen LogP contribution < -0.4 is 0 Å². The second kappa shape index (κ2) is 3.96. The zero-order valence-corrected chi connectivity index (χ0v) is 8.69. The van der Waals surface area contributed by atoms with Crippen molar-refractivity contribution in [3.8, 4) is 0 Å². The molecule has 0 atom stereocenters. The summed E-state index contributed by atoms with van der Waals surface area (Å²) in [5.41, 5.74) is 2.23. The number of carboxylic acids is 2. The standard InChI is InChI=1S/C12H12O4/c13-11(14)9-5-7-3-1-2-4-8(7)6-10(9)12(15)16/h1-2H,3-6H2,(H,13,14)(H,15,16). The van der Waals surface area contributed by atoms with E-state index in [4.69, 9.17) is 10.2 Å². The molecule has 4 nitrogen and oxygen atoms in total. The molecule has 0 radical (unpaired) electrons. The predicted octanol–water partition coefficient (Wildman–Crippen LogP) is 1.89. The van der Waals surface area contributed by atoms with Crippen molar-refractivity contribution in [2.45, 2.75) is 25.7 Å². The van der Waals surface area contributed by atoms with Crippen molar-refractivity contribution in [2.24, 2.45) is 0 Å². The molecule has 0 saturated carbocycles. The Morgan fingerprint density at radius 1 is 0.875 bits per heavy atom. The largest absolute Gasteiger partial charge is 0.478 e. The van der Waals surface area contributed by atoms with Gasteiger partial charge in [0.25, 0.3) is 0 Å². The Bertz CT molecular complexity index is 412. The number of carbonyl (C=O) groups is 2. The van der Waals surface area contributed by atoms with Crippen molar-refractivity contribution >= 4 is 11.9 Å². The first-order valence-corrected chi connectivity index (χ1v) is 5.13. The Labute approximate surface area is 92.6 Å². The number of allylic oxidation sites excluding steroid dienone is 4. The van der Waals surface area contributed by atoms with E-state index in [2.05, 4.69) is 0 Å². The monoisotopic (exact) mass is 220 g/mol. The van der Waals surface area contributed by atoms with Gasteiger partial charge in [-0.05, 0) is 12.8 Å². The SMILES string of the molecule is O=C(O)C1=C(C(=O)O)CC2=C(CC=CC2)C1. The maximum absolute atomic E-state index is 11.0. The van der Waals surface area contributed by atoms with Crippen LogP contribution in [0.1, 0.15) is 25.7 Å². The average molecular weight is 220 g/mol. The minimum atomic E-state index is -1.11. The molecule has 0 aliphatic heterocycles. The number of hydrogen-bond acceptors (Lipinski definition) is 2. The lowest BCUT2D eigenvalue weighted by atomic mass is 9.81. The maximum atomic E-state index is 11.0. The van der Waals surface area contributed by atoms with Gasteiger partial charge in [0.2, 0.25) is 0 Å². The van der Waals surface area contributed by atoms with Crippen molar-refractivity contribution < 1.29 is 19.8 Å². The summed E-state index contributed by atoms with van der Waals surface area (Å²) >= 11 is 0. The minimum absolute atomic E-state index is 0.0431. The topological polar surface area (TPSA) is 74.6 Å². The predicted molar refractivity (Wildman–Crippen MR) is 56.9 cm³/mol. The van der Waals surface area contributed by atoms with Crippen molar-refractivity contribution in [3.63, 3.8) is 0 Å². The second-order valence-electron chi connectivity index (χ2n) is 4.01. The summed E-state index contributed by atoms with van der Waals surface area (Å²) < 4.78 is 0. The Hall–Kier alpha value is -1.84. The summed E-state index contributed by atoms with van der Waals surface area (Å²) in [6.07, 6.45) is 6.05. The molecule has 0 saturated heterocycles. The molecule has 0 aromatic rings. The summed E-state index contributed by atoms with van der Waals surface area (Å²) in [5.74, 6) is -2.22. The van der Waals surface area contributed by atoms with Gasteiger partial charge in [-0.1, -0.05) is 23.3 Å². The Morgan fingerprint density at radius 2 is 1.25 bits per heavy atom. The van der Waals surface area contributed by atoms with Crippen LogP contribution in [0.15, 0.2) is 34.4 Å². The van der Waals surface area contributed by atoms with Gasteiger partial charge >= 0.3 is 11.9 Å². The molecule has 0 spiro atoms. The fourth-order valence-corrected chi connectivity index (χ4v) is 2.18. The molecular formula is C12H12O4. The molecule has 0 aromatic carbocycles. The first-order valence-electron chi connectivity index (χ1n) is 5.13. The molecule has 0 fully saturated rings. The van der Waals surface area contributed by atoms with E-state index in [9.17, 15) is 9.59 Å². The number of rotatable bonds is 2. The molecule has 0 aromatic heterocycles. The van der Waals surface area contributed by atoms with Gasteiger partial charge in [0.15, 0.2) is 0 Å². The van der Waals surface area contributed by atoms with Gasteiger partial charge in [0.1, 0.15) is 0 Å². The van der Waals surface area contributed by atoms with Crippen LogP contribution in [0.4, 0.5) is 0 Å². The molecule has 2 aliphatic rings. The minimum Gasteiger partial charge on any atom is -0.478 e. The highest BCUT2D eigenvalue weighted by molar-refractivity contribution is 6.00. The van der Waals surface area contributed by atoms with Crippen molar-refractivity contribution in [1.82, 2.24) is 0 Å². The van der Waals surface area contributed by atoms with E-state index in [0.29, 0.717) is 0 Å².